The van der Waals surface area contributed by atoms with E-state index in [9.17, 15) is 5.26 Å². The summed E-state index contributed by atoms with van der Waals surface area (Å²) in [6, 6.07) is 3.28. The lowest BCUT2D eigenvalue weighted by Gasteiger charge is -2.34. The molecule has 2 unspecified atom stereocenters. The molecule has 0 spiro atoms. The van der Waals surface area contributed by atoms with Crippen molar-refractivity contribution in [2.24, 2.45) is 5.92 Å². The molecule has 2 aliphatic rings. The summed E-state index contributed by atoms with van der Waals surface area (Å²) in [6.45, 7) is 6.03. The van der Waals surface area contributed by atoms with E-state index in [2.05, 4.69) is 30.3 Å². The number of hydrogen-bond donors (Lipinski definition) is 1. The first-order valence-electron chi connectivity index (χ1n) is 8.66. The van der Waals surface area contributed by atoms with Gasteiger partial charge in [0, 0.05) is 19.3 Å². The van der Waals surface area contributed by atoms with E-state index in [1.165, 1.54) is 12.8 Å². The first kappa shape index (κ1) is 16.7. The largest absolute Gasteiger partial charge is 0.381 e. The molecule has 1 saturated heterocycles. The number of rotatable bonds is 7. The van der Waals surface area contributed by atoms with E-state index >= 15 is 0 Å². The predicted octanol–water partition coefficient (Wildman–Crippen LogP) is 2.55. The highest BCUT2D eigenvalue weighted by molar-refractivity contribution is 5.14. The van der Waals surface area contributed by atoms with Crippen LogP contribution in [0.3, 0.4) is 0 Å². The summed E-state index contributed by atoms with van der Waals surface area (Å²) in [5.41, 5.74) is -0.257. The van der Waals surface area contributed by atoms with Gasteiger partial charge in [0.2, 0.25) is 0 Å². The molecule has 1 N–H and O–H groups in total. The van der Waals surface area contributed by atoms with Crippen molar-refractivity contribution in [3.05, 3.63) is 0 Å². The smallest absolute Gasteiger partial charge is 0.109 e. The van der Waals surface area contributed by atoms with E-state index in [1.54, 1.807) is 0 Å². The molecule has 120 valence electrons. The summed E-state index contributed by atoms with van der Waals surface area (Å²) in [5.74, 6) is 0.511. The number of nitrogens with zero attached hydrogens (tertiary/aromatic N) is 2. The molecule has 1 aliphatic carbocycles. The van der Waals surface area contributed by atoms with Gasteiger partial charge in [0.05, 0.1) is 6.07 Å². The maximum atomic E-state index is 9.68. The van der Waals surface area contributed by atoms with Crippen molar-refractivity contribution in [2.45, 2.75) is 63.5 Å². The monoisotopic (exact) mass is 293 g/mol. The van der Waals surface area contributed by atoms with Crippen LogP contribution >= 0.6 is 0 Å². The fourth-order valence-corrected chi connectivity index (χ4v) is 3.90. The van der Waals surface area contributed by atoms with Crippen LogP contribution in [0.2, 0.25) is 0 Å². The Morgan fingerprint density at radius 2 is 2.10 bits per heavy atom. The zero-order chi connectivity index (χ0) is 15.1. The van der Waals surface area contributed by atoms with E-state index in [1.807, 2.05) is 0 Å². The van der Waals surface area contributed by atoms with Gasteiger partial charge in [-0.05, 0) is 64.6 Å². The molecule has 4 nitrogen and oxygen atoms in total. The van der Waals surface area contributed by atoms with Crippen LogP contribution in [-0.2, 0) is 4.74 Å². The number of nitrogens with one attached hydrogen (secondary N) is 1. The molecule has 2 rings (SSSR count). The topological polar surface area (TPSA) is 48.3 Å². The van der Waals surface area contributed by atoms with Crippen molar-refractivity contribution in [3.63, 3.8) is 0 Å². The van der Waals surface area contributed by atoms with E-state index in [0.29, 0.717) is 12.0 Å². The second-order valence-corrected chi connectivity index (χ2v) is 6.71. The molecule has 1 saturated carbocycles. The third-order valence-electron chi connectivity index (χ3n) is 5.36. The summed E-state index contributed by atoms with van der Waals surface area (Å²) < 4.78 is 5.44. The average Bonchev–Trinajstić information content (AvgIpc) is 2.94. The molecule has 0 radical (unpaired) electrons. The van der Waals surface area contributed by atoms with Crippen molar-refractivity contribution >= 4 is 0 Å². The Hall–Kier alpha value is -0.630. The fraction of sp³-hybridized carbons (Fsp3) is 0.941. The molecule has 0 aromatic heterocycles. The Kier molecular flexibility index (Phi) is 6.47. The van der Waals surface area contributed by atoms with Gasteiger partial charge in [-0.25, -0.2) is 0 Å². The van der Waals surface area contributed by atoms with Crippen LogP contribution in [0.1, 0.15) is 51.9 Å². The van der Waals surface area contributed by atoms with Gasteiger partial charge in [-0.1, -0.05) is 13.3 Å². The lowest BCUT2D eigenvalue weighted by atomic mass is 9.85. The highest BCUT2D eigenvalue weighted by Gasteiger charge is 2.42. The third kappa shape index (κ3) is 4.18. The maximum Gasteiger partial charge on any atom is 0.109 e. The molecule has 21 heavy (non-hydrogen) atoms. The van der Waals surface area contributed by atoms with Gasteiger partial charge in [-0.2, -0.15) is 5.26 Å². The number of hydrogen-bond acceptors (Lipinski definition) is 4. The van der Waals surface area contributed by atoms with Gasteiger partial charge < -0.3 is 9.64 Å². The number of nitriles is 1. The fourth-order valence-electron chi connectivity index (χ4n) is 3.90. The van der Waals surface area contributed by atoms with E-state index in [4.69, 9.17) is 4.74 Å². The second kappa shape index (κ2) is 8.12. The zero-order valence-corrected chi connectivity index (χ0v) is 13.7. The van der Waals surface area contributed by atoms with Gasteiger partial charge in [-0.15, -0.1) is 0 Å². The van der Waals surface area contributed by atoms with Gasteiger partial charge in [0.25, 0.3) is 0 Å². The summed E-state index contributed by atoms with van der Waals surface area (Å²) >= 11 is 0. The first-order valence-corrected chi connectivity index (χ1v) is 8.66. The lowest BCUT2D eigenvalue weighted by Crippen LogP contribution is -2.48. The minimum atomic E-state index is -0.257. The van der Waals surface area contributed by atoms with Crippen molar-refractivity contribution in [1.29, 1.82) is 5.26 Å². The van der Waals surface area contributed by atoms with Crippen molar-refractivity contribution in [3.8, 4) is 6.07 Å². The molecule has 4 heteroatoms. The Morgan fingerprint density at radius 1 is 1.33 bits per heavy atom. The van der Waals surface area contributed by atoms with Crippen molar-refractivity contribution in [2.75, 3.05) is 33.4 Å². The molecule has 0 amide bonds. The maximum absolute atomic E-state index is 9.68. The Morgan fingerprint density at radius 3 is 2.76 bits per heavy atom. The van der Waals surface area contributed by atoms with Crippen LogP contribution in [0.4, 0.5) is 0 Å². The van der Waals surface area contributed by atoms with Crippen LogP contribution < -0.4 is 5.32 Å². The van der Waals surface area contributed by atoms with Gasteiger partial charge in [-0.3, -0.25) is 5.32 Å². The molecule has 0 aromatic carbocycles. The normalized spacial score (nSPS) is 30.7. The Balaban J connectivity index is 1.84. The second-order valence-electron chi connectivity index (χ2n) is 6.71. The van der Waals surface area contributed by atoms with Gasteiger partial charge >= 0.3 is 0 Å². The quantitative estimate of drug-likeness (QED) is 0.783. The molecular weight excluding hydrogens is 262 g/mol. The van der Waals surface area contributed by atoms with E-state index in [-0.39, 0.29) is 5.54 Å². The van der Waals surface area contributed by atoms with Crippen molar-refractivity contribution in [1.82, 2.24) is 10.2 Å². The highest BCUT2D eigenvalue weighted by atomic mass is 16.5. The van der Waals surface area contributed by atoms with Crippen molar-refractivity contribution < 1.29 is 4.74 Å². The van der Waals surface area contributed by atoms with E-state index in [0.717, 1.165) is 58.4 Å². The standard InChI is InChI=1S/C17H31N3O/c1-3-10-19-17(14-18)9-4-5-15(17)6-11-20(2)16-7-12-21-13-8-16/h15-16,19H,3-13H2,1-2H3. The predicted molar refractivity (Wildman–Crippen MR) is 85.1 cm³/mol. The van der Waals surface area contributed by atoms with E-state index < -0.39 is 0 Å². The zero-order valence-electron chi connectivity index (χ0n) is 13.7. The third-order valence-corrected chi connectivity index (χ3v) is 5.36. The highest BCUT2D eigenvalue weighted by Crippen LogP contribution is 2.37. The summed E-state index contributed by atoms with van der Waals surface area (Å²) in [7, 11) is 2.23. The van der Waals surface area contributed by atoms with Gasteiger partial charge in [0.15, 0.2) is 0 Å². The molecule has 1 heterocycles. The average molecular weight is 293 g/mol. The number of ether oxygens (including phenoxy) is 1. The van der Waals surface area contributed by atoms with Crippen LogP contribution in [0.5, 0.6) is 0 Å². The molecule has 2 fully saturated rings. The Labute approximate surface area is 129 Å². The lowest BCUT2D eigenvalue weighted by molar-refractivity contribution is 0.0407. The molecule has 0 bridgehead atoms. The summed E-state index contributed by atoms with van der Waals surface area (Å²) in [4.78, 5) is 2.49. The first-order chi connectivity index (χ1) is 10.2. The van der Waals surface area contributed by atoms with Crippen LogP contribution in [0.25, 0.3) is 0 Å². The SMILES string of the molecule is CCCNC1(C#N)CCCC1CCN(C)C1CCOCC1. The Bertz CT molecular complexity index is 348. The minimum Gasteiger partial charge on any atom is -0.381 e. The minimum absolute atomic E-state index is 0.257. The molecule has 2 atom stereocenters. The summed E-state index contributed by atoms with van der Waals surface area (Å²) in [6.07, 6.45) is 7.95. The van der Waals surface area contributed by atoms with Crippen LogP contribution in [0, 0.1) is 17.2 Å². The summed E-state index contributed by atoms with van der Waals surface area (Å²) in [5, 5.41) is 13.2. The molecule has 1 aliphatic heterocycles. The van der Waals surface area contributed by atoms with Crippen LogP contribution in [0.15, 0.2) is 0 Å². The van der Waals surface area contributed by atoms with Crippen LogP contribution in [-0.4, -0.2) is 49.8 Å². The van der Waals surface area contributed by atoms with Gasteiger partial charge in [0.1, 0.15) is 5.54 Å². The molecular formula is C17H31N3O. The molecule has 0 aromatic rings.